The Labute approximate surface area is 287 Å². The van der Waals surface area contributed by atoms with Crippen molar-refractivity contribution in [3.63, 3.8) is 0 Å². The van der Waals surface area contributed by atoms with Gasteiger partial charge < -0.3 is 14.7 Å². The normalized spacial score (nSPS) is 11.4. The van der Waals surface area contributed by atoms with Crippen LogP contribution >= 0.6 is 0 Å². The van der Waals surface area contributed by atoms with Gasteiger partial charge in [-0.15, -0.1) is 5.56 Å². The molecule has 4 heteroatoms. The molecule has 220 valence electrons. The van der Waals surface area contributed by atoms with Crippen LogP contribution in [-0.4, -0.2) is 27.2 Å². The first-order valence-corrected chi connectivity index (χ1v) is 15.4. The molecule has 0 fully saturated rings. The Bertz CT molecular complexity index is 1560. The molecule has 0 aromatic heterocycles. The molecule has 1 unspecified atom stereocenters. The molecule has 0 aliphatic carbocycles. The van der Waals surface area contributed by atoms with Crippen molar-refractivity contribution in [1.82, 2.24) is 0 Å². The van der Waals surface area contributed by atoms with E-state index >= 15 is 0 Å². The Kier molecular flexibility index (Phi) is 12.1. The number of anilines is 3. The van der Waals surface area contributed by atoms with Crippen LogP contribution in [0, 0.1) is 13.0 Å². The van der Waals surface area contributed by atoms with Gasteiger partial charge in [-0.2, -0.15) is 30.3 Å². The number of hydrogen-bond donors (Lipinski definition) is 0. The van der Waals surface area contributed by atoms with E-state index in [1.165, 1.54) is 50.4 Å². The molecule has 0 saturated heterocycles. The van der Waals surface area contributed by atoms with E-state index in [4.69, 9.17) is 0 Å². The first-order chi connectivity index (χ1) is 20.9. The van der Waals surface area contributed by atoms with Gasteiger partial charge in [-0.05, 0) is 86.0 Å². The molecule has 0 spiro atoms. The van der Waals surface area contributed by atoms with Crippen LogP contribution < -0.4 is 44.3 Å². The van der Waals surface area contributed by atoms with E-state index in [1.54, 1.807) is 0 Å². The summed E-state index contributed by atoms with van der Waals surface area (Å²) < 4.78 is 0. The Balaban J connectivity index is 0.00000442. The van der Waals surface area contributed by atoms with Crippen molar-refractivity contribution in [3.05, 3.63) is 161 Å². The number of aryl methyl sites for hydroxylation is 1. The fraction of sp³-hybridized carbons (Fsp3) is 0.250. The van der Waals surface area contributed by atoms with Crippen LogP contribution in [0.3, 0.4) is 0 Å². The average molecular weight is 590 g/mol. The zero-order chi connectivity index (χ0) is 30.2. The topological polar surface area (TPSA) is 9.72 Å². The molecule has 0 aliphatic heterocycles. The molecular weight excluding hydrogens is 545 g/mol. The fourth-order valence-electron chi connectivity index (χ4n) is 5.85. The van der Waals surface area contributed by atoms with Crippen molar-refractivity contribution in [2.45, 2.75) is 39.8 Å². The number of benzene rings is 5. The maximum Gasteiger partial charge on any atom is 1.00 e. The third-order valence-electron chi connectivity index (χ3n) is 8.29. The molecular formula is C40H44N3Na. The Morgan fingerprint density at radius 2 is 1.07 bits per heavy atom. The van der Waals surface area contributed by atoms with Gasteiger partial charge in [0.25, 0.3) is 0 Å². The quantitative estimate of drug-likeness (QED) is 0.0990. The predicted molar refractivity (Wildman–Crippen MR) is 185 cm³/mol. The van der Waals surface area contributed by atoms with Gasteiger partial charge >= 0.3 is 29.6 Å². The minimum absolute atomic E-state index is 0. The molecule has 0 saturated carbocycles. The Morgan fingerprint density at radius 3 is 1.50 bits per heavy atom. The predicted octanol–water partition coefficient (Wildman–Crippen LogP) is 6.10. The zero-order valence-electron chi connectivity index (χ0n) is 27.3. The van der Waals surface area contributed by atoms with E-state index in [0.29, 0.717) is 0 Å². The van der Waals surface area contributed by atoms with Gasteiger partial charge in [-0.3, -0.25) is 0 Å². The summed E-state index contributed by atoms with van der Waals surface area (Å²) in [5.41, 5.74) is 11.5. The molecule has 0 aliphatic rings. The molecule has 5 aromatic rings. The minimum Gasteiger partial charge on any atom is -0.379 e. The third-order valence-corrected chi connectivity index (χ3v) is 8.29. The summed E-state index contributed by atoms with van der Waals surface area (Å²) in [4.78, 5) is 7.01. The van der Waals surface area contributed by atoms with Crippen LogP contribution in [0.25, 0.3) is 0 Å². The number of nitrogens with zero attached hydrogens (tertiary/aromatic N) is 3. The van der Waals surface area contributed by atoms with Crippen LogP contribution in [0.15, 0.2) is 121 Å². The second-order valence-corrected chi connectivity index (χ2v) is 11.5. The maximum atomic E-state index is 3.21. The summed E-state index contributed by atoms with van der Waals surface area (Å²) in [5, 5.41) is 0. The van der Waals surface area contributed by atoms with Crippen LogP contribution in [0.5, 0.6) is 0 Å². The van der Waals surface area contributed by atoms with Gasteiger partial charge in [0.05, 0.1) is 0 Å². The number of hydrogen-bond acceptors (Lipinski definition) is 3. The summed E-state index contributed by atoms with van der Waals surface area (Å²) in [6.45, 7) is 10.3. The second kappa shape index (κ2) is 16.0. The molecule has 1 atom stereocenters. The maximum absolute atomic E-state index is 3.21. The van der Waals surface area contributed by atoms with Crippen LogP contribution in [-0.2, 0) is 13.1 Å². The Morgan fingerprint density at radius 1 is 0.591 bits per heavy atom. The molecule has 5 rings (SSSR count). The summed E-state index contributed by atoms with van der Waals surface area (Å²) in [5.74, 6) is 0.143. The molecule has 0 N–H and O–H groups in total. The van der Waals surface area contributed by atoms with Crippen molar-refractivity contribution < 1.29 is 29.6 Å². The smallest absolute Gasteiger partial charge is 0.379 e. The summed E-state index contributed by atoms with van der Waals surface area (Å²) in [7, 11) is 4.18. The first kappa shape index (κ1) is 33.4. The van der Waals surface area contributed by atoms with Gasteiger partial charge in [0.1, 0.15) is 0 Å². The molecule has 0 radical (unpaired) electrons. The van der Waals surface area contributed by atoms with E-state index in [1.807, 2.05) is 6.07 Å². The van der Waals surface area contributed by atoms with Gasteiger partial charge in [-0.25, -0.2) is 0 Å². The SMILES string of the molecule is CCN(Cc1c[c-]ccc1)c1ccc(C(c2ccc(N(C)C)cc2)c2ccc(N(CC)Cc3cccc(C)c3)cc2)cc1.[Na+]. The second-order valence-electron chi connectivity index (χ2n) is 11.5. The van der Waals surface area contributed by atoms with Crippen LogP contribution in [0.4, 0.5) is 17.1 Å². The summed E-state index contributed by atoms with van der Waals surface area (Å²) >= 11 is 0. The van der Waals surface area contributed by atoms with Crippen molar-refractivity contribution in [1.29, 1.82) is 0 Å². The molecule has 0 amide bonds. The van der Waals surface area contributed by atoms with E-state index in [2.05, 4.69) is 171 Å². The molecule has 0 bridgehead atoms. The van der Waals surface area contributed by atoms with Crippen molar-refractivity contribution in [2.24, 2.45) is 0 Å². The van der Waals surface area contributed by atoms with Crippen LogP contribution in [0.2, 0.25) is 0 Å². The standard InChI is InChI=1S/C40H44N3.Na/c1-6-42(29-32-13-9-8-10-14-32)38-24-18-35(19-25-38)40(34-16-22-37(23-17-34)41(4)5)36-20-26-39(27-21-36)43(7-2)30-33-15-11-12-31(3)28-33;/h8-9,11-28,40H,6-7,29-30H2,1-5H3;/q-1;+1. The van der Waals surface area contributed by atoms with E-state index < -0.39 is 0 Å². The van der Waals surface area contributed by atoms with Gasteiger partial charge in [0.15, 0.2) is 0 Å². The minimum atomic E-state index is 0. The average Bonchev–Trinajstić information content (AvgIpc) is 3.04. The third kappa shape index (κ3) is 8.35. The van der Waals surface area contributed by atoms with Gasteiger partial charge in [-0.1, -0.05) is 66.2 Å². The largest absolute Gasteiger partial charge is 1.00 e. The van der Waals surface area contributed by atoms with E-state index in [9.17, 15) is 0 Å². The first-order valence-electron chi connectivity index (χ1n) is 15.4. The molecule has 5 aromatic carbocycles. The van der Waals surface area contributed by atoms with E-state index in [-0.39, 0.29) is 35.5 Å². The van der Waals surface area contributed by atoms with Crippen molar-refractivity contribution in [3.8, 4) is 0 Å². The Hall–Kier alpha value is -3.50. The monoisotopic (exact) mass is 589 g/mol. The van der Waals surface area contributed by atoms with Gasteiger partial charge in [0.2, 0.25) is 0 Å². The van der Waals surface area contributed by atoms with Gasteiger partial charge in [0, 0.05) is 56.7 Å². The van der Waals surface area contributed by atoms with E-state index in [0.717, 1.165) is 26.2 Å². The fourth-order valence-corrected chi connectivity index (χ4v) is 5.85. The number of rotatable bonds is 12. The summed E-state index contributed by atoms with van der Waals surface area (Å²) in [6, 6.07) is 47.7. The molecule has 3 nitrogen and oxygen atoms in total. The van der Waals surface area contributed by atoms with Crippen molar-refractivity contribution >= 4 is 17.1 Å². The van der Waals surface area contributed by atoms with Crippen LogP contribution in [0.1, 0.15) is 53.1 Å². The summed E-state index contributed by atoms with van der Waals surface area (Å²) in [6.07, 6.45) is 0. The molecule has 0 heterocycles. The molecule has 44 heavy (non-hydrogen) atoms. The zero-order valence-corrected chi connectivity index (χ0v) is 29.3. The van der Waals surface area contributed by atoms with Crippen molar-refractivity contribution in [2.75, 3.05) is 41.9 Å².